The van der Waals surface area contributed by atoms with E-state index in [2.05, 4.69) is 37.3 Å². The Kier molecular flexibility index (Phi) is 124. The van der Waals surface area contributed by atoms with Crippen molar-refractivity contribution < 1.29 is 0 Å². The predicted octanol–water partition coefficient (Wildman–Crippen LogP) is 3.07. The lowest BCUT2D eigenvalue weighted by Gasteiger charge is -1.89. The van der Waals surface area contributed by atoms with Crippen LogP contribution in [0.4, 0.5) is 0 Å². The fourth-order valence-corrected chi connectivity index (χ4v) is 0.237. The topological polar surface area (TPSA) is 24.1 Å². The van der Waals surface area contributed by atoms with Crippen molar-refractivity contribution in [3.63, 3.8) is 0 Å². The molecule has 0 aromatic rings. The second-order valence-electron chi connectivity index (χ2n) is 1.29. The van der Waals surface area contributed by atoms with Crippen LogP contribution in [0, 0.1) is 0 Å². The lowest BCUT2D eigenvalue weighted by Crippen LogP contribution is -2.25. The van der Waals surface area contributed by atoms with Gasteiger partial charge in [0.15, 0.2) is 0 Å². The maximum Gasteiger partial charge on any atom is 0.0526 e. The summed E-state index contributed by atoms with van der Waals surface area (Å²) in [7, 11) is 1.80. The monoisotopic (exact) mass is 196 g/mol. The van der Waals surface area contributed by atoms with Crippen LogP contribution in [0.25, 0.3) is 0 Å². The lowest BCUT2D eigenvalue weighted by molar-refractivity contribution is 0.675. The van der Waals surface area contributed by atoms with Crippen molar-refractivity contribution in [3.8, 4) is 0 Å². The van der Waals surface area contributed by atoms with E-state index in [1.807, 2.05) is 27.7 Å². The molecule has 12 heavy (non-hydrogen) atoms. The molecule has 0 saturated carbocycles. The summed E-state index contributed by atoms with van der Waals surface area (Å²) in [4.78, 5) is 0. The summed E-state index contributed by atoms with van der Waals surface area (Å²) in [5.41, 5.74) is 5.42. The average Bonchev–Trinajstić information content (AvgIpc) is 2.14. The van der Waals surface area contributed by atoms with Gasteiger partial charge in [-0.15, -0.1) is 0 Å². The van der Waals surface area contributed by atoms with Crippen LogP contribution >= 0.6 is 12.6 Å². The normalized spacial score (nSPS) is 6.00. The minimum absolute atomic E-state index is 0.677. The number of thiol groups is 1. The molecule has 80 valence electrons. The Morgan fingerprint density at radius 1 is 1.00 bits per heavy atom. The summed E-state index contributed by atoms with van der Waals surface area (Å²) in [5.74, 6) is 0.677. The number of rotatable bonds is 2. The van der Waals surface area contributed by atoms with Crippen LogP contribution in [0.5, 0.6) is 0 Å². The fraction of sp³-hybridized carbons (Fsp3) is 1.00. The van der Waals surface area contributed by atoms with Crippen LogP contribution in [0.1, 0.15) is 48.0 Å². The first-order valence-corrected chi connectivity index (χ1v) is 5.47. The molecule has 0 fully saturated rings. The minimum atomic E-state index is 0.677. The van der Waals surface area contributed by atoms with Gasteiger partial charge in [0, 0.05) is 0 Å². The van der Waals surface area contributed by atoms with Crippen LogP contribution in [0.3, 0.4) is 0 Å². The number of nitrogens with one attached hydrogen (secondary N) is 2. The number of hydrogen-bond acceptors (Lipinski definition) is 3. The van der Waals surface area contributed by atoms with Crippen LogP contribution in [-0.4, -0.2) is 12.9 Å². The van der Waals surface area contributed by atoms with Crippen molar-refractivity contribution in [2.75, 3.05) is 12.9 Å². The predicted molar refractivity (Wildman–Crippen MR) is 64.7 cm³/mol. The second-order valence-corrected chi connectivity index (χ2v) is 1.61. The SMILES string of the molecule is CC.CC.CCC.CNNCS. The highest BCUT2D eigenvalue weighted by molar-refractivity contribution is 7.80. The largest absolute Gasteiger partial charge is 0.260 e. The third-order valence-electron chi connectivity index (χ3n) is 0.256. The summed E-state index contributed by atoms with van der Waals surface area (Å²) in [6.07, 6.45) is 1.25. The molecule has 0 rings (SSSR count). The van der Waals surface area contributed by atoms with E-state index in [1.165, 1.54) is 6.42 Å². The smallest absolute Gasteiger partial charge is 0.0526 e. The van der Waals surface area contributed by atoms with E-state index in [4.69, 9.17) is 0 Å². The molecular formula is C9H28N2S. The molecule has 2 nitrogen and oxygen atoms in total. The fourth-order valence-electron chi connectivity index (χ4n) is 0.0791. The van der Waals surface area contributed by atoms with Gasteiger partial charge in [-0.1, -0.05) is 48.0 Å². The molecule has 0 aliphatic heterocycles. The molecule has 0 heterocycles. The number of hydrogen-bond donors (Lipinski definition) is 3. The Balaban J connectivity index is -0.0000000397. The van der Waals surface area contributed by atoms with Crippen molar-refractivity contribution >= 4 is 12.6 Å². The lowest BCUT2D eigenvalue weighted by atomic mass is 10.6. The van der Waals surface area contributed by atoms with Gasteiger partial charge in [-0.25, -0.2) is 5.43 Å². The molecule has 0 radical (unpaired) electrons. The van der Waals surface area contributed by atoms with Gasteiger partial charge in [-0.2, -0.15) is 12.6 Å². The van der Waals surface area contributed by atoms with Gasteiger partial charge in [-0.05, 0) is 7.05 Å². The van der Waals surface area contributed by atoms with Crippen molar-refractivity contribution in [2.24, 2.45) is 0 Å². The first kappa shape index (κ1) is 22.8. The summed E-state index contributed by atoms with van der Waals surface area (Å²) in [5, 5.41) is 0. The van der Waals surface area contributed by atoms with Gasteiger partial charge in [-0.3, -0.25) is 5.43 Å². The molecule has 0 amide bonds. The van der Waals surface area contributed by atoms with E-state index < -0.39 is 0 Å². The van der Waals surface area contributed by atoms with E-state index in [0.717, 1.165) is 0 Å². The van der Waals surface area contributed by atoms with Crippen molar-refractivity contribution in [1.82, 2.24) is 10.9 Å². The molecule has 0 spiro atoms. The van der Waals surface area contributed by atoms with Crippen LogP contribution in [0.2, 0.25) is 0 Å². The molecule has 2 N–H and O–H groups in total. The highest BCUT2D eigenvalue weighted by Crippen LogP contribution is 1.56. The summed E-state index contributed by atoms with van der Waals surface area (Å²) in [6.45, 7) is 12.2. The van der Waals surface area contributed by atoms with Crippen molar-refractivity contribution in [3.05, 3.63) is 0 Å². The first-order valence-electron chi connectivity index (χ1n) is 4.83. The van der Waals surface area contributed by atoms with Gasteiger partial charge in [0.05, 0.1) is 5.88 Å². The maximum atomic E-state index is 3.83. The highest BCUT2D eigenvalue weighted by Gasteiger charge is 1.60. The third-order valence-corrected chi connectivity index (χ3v) is 0.414. The van der Waals surface area contributed by atoms with E-state index in [9.17, 15) is 0 Å². The first-order chi connectivity index (χ1) is 5.83. The Bertz CT molecular complexity index is 26.5. The van der Waals surface area contributed by atoms with E-state index in [1.54, 1.807) is 7.05 Å². The molecule has 0 atom stereocenters. The Morgan fingerprint density at radius 3 is 1.25 bits per heavy atom. The molecule has 3 heteroatoms. The highest BCUT2D eigenvalue weighted by atomic mass is 32.1. The summed E-state index contributed by atoms with van der Waals surface area (Å²) < 4.78 is 0. The second kappa shape index (κ2) is 65.2. The molecule has 0 unspecified atom stereocenters. The third kappa shape index (κ3) is 171. The Hall–Kier alpha value is 0.270. The zero-order chi connectivity index (χ0) is 10.8. The van der Waals surface area contributed by atoms with Crippen molar-refractivity contribution in [2.45, 2.75) is 48.0 Å². The van der Waals surface area contributed by atoms with Gasteiger partial charge in [0.2, 0.25) is 0 Å². The number of hydrazine groups is 1. The summed E-state index contributed by atoms with van der Waals surface area (Å²) in [6, 6.07) is 0. The molecule has 0 aromatic heterocycles. The van der Waals surface area contributed by atoms with Gasteiger partial charge >= 0.3 is 0 Å². The van der Waals surface area contributed by atoms with Gasteiger partial charge in [0.25, 0.3) is 0 Å². The average molecular weight is 196 g/mol. The molecule has 0 bridgehead atoms. The Morgan fingerprint density at radius 2 is 1.25 bits per heavy atom. The molecule has 0 aliphatic carbocycles. The van der Waals surface area contributed by atoms with E-state index >= 15 is 0 Å². The van der Waals surface area contributed by atoms with Crippen LogP contribution in [-0.2, 0) is 0 Å². The molecule has 0 aliphatic rings. The Labute approximate surface area is 84.9 Å². The molecule has 0 aromatic carbocycles. The van der Waals surface area contributed by atoms with Crippen molar-refractivity contribution in [1.29, 1.82) is 0 Å². The minimum Gasteiger partial charge on any atom is -0.260 e. The van der Waals surface area contributed by atoms with Gasteiger partial charge < -0.3 is 0 Å². The van der Waals surface area contributed by atoms with Crippen LogP contribution < -0.4 is 10.9 Å². The summed E-state index contributed by atoms with van der Waals surface area (Å²) >= 11 is 3.83. The van der Waals surface area contributed by atoms with E-state index in [-0.39, 0.29) is 0 Å². The van der Waals surface area contributed by atoms with E-state index in [0.29, 0.717) is 5.88 Å². The maximum absolute atomic E-state index is 3.83. The quantitative estimate of drug-likeness (QED) is 0.359. The molecular weight excluding hydrogens is 168 g/mol. The molecule has 0 saturated heterocycles. The zero-order valence-corrected chi connectivity index (χ0v) is 10.8. The van der Waals surface area contributed by atoms with Crippen LogP contribution in [0.15, 0.2) is 0 Å². The zero-order valence-electron chi connectivity index (χ0n) is 9.86. The standard InChI is InChI=1S/C3H8.C2H8N2S.2C2H6/c1-3-2;1-3-4-2-5;2*1-2/h3H2,1-2H3;3-5H,2H2,1H3;2*1-2H3. The van der Waals surface area contributed by atoms with Gasteiger partial charge in [0.1, 0.15) is 0 Å².